The molecule has 0 unspecified atom stereocenters. The third-order valence-corrected chi connectivity index (χ3v) is 1.89. The van der Waals surface area contributed by atoms with Crippen molar-refractivity contribution in [3.63, 3.8) is 0 Å². The largest absolute Gasteiger partial charge is 0.293 e. The summed E-state index contributed by atoms with van der Waals surface area (Å²) >= 11 is 0. The number of hydrogen-bond acceptors (Lipinski definition) is 1. The molecule has 0 N–H and O–H groups in total. The lowest BCUT2D eigenvalue weighted by molar-refractivity contribution is 1.34. The predicted molar refractivity (Wildman–Crippen MR) is 52.2 cm³/mol. The zero-order valence-electron chi connectivity index (χ0n) is 8.10. The second-order valence-corrected chi connectivity index (χ2v) is 2.62. The highest BCUT2D eigenvalue weighted by atomic mass is 14.7. The van der Waals surface area contributed by atoms with E-state index in [1.165, 1.54) is 11.1 Å². The molecule has 0 atom stereocenters. The predicted octanol–water partition coefficient (Wildman–Crippen LogP) is 2.99. The number of rotatable bonds is 2. The quantitative estimate of drug-likeness (QED) is 0.425. The van der Waals surface area contributed by atoms with Gasteiger partial charge in [-0.2, -0.15) is 0 Å². The third kappa shape index (κ3) is 3.17. The smallest absolute Gasteiger partial charge is 0.0345 e. The molecular weight excluding hydrogens is 134 g/mol. The van der Waals surface area contributed by atoms with Crippen LogP contribution in [-0.4, -0.2) is 12.8 Å². The van der Waals surface area contributed by atoms with Crippen LogP contribution in [0.4, 0.5) is 0 Å². The van der Waals surface area contributed by atoms with Gasteiger partial charge in [0, 0.05) is 12.8 Å². The van der Waals surface area contributed by atoms with Crippen LogP contribution >= 0.6 is 0 Å². The van der Waals surface area contributed by atoms with Crippen LogP contribution in [0.15, 0.2) is 28.3 Å². The van der Waals surface area contributed by atoms with Gasteiger partial charge in [-0.1, -0.05) is 12.2 Å². The summed E-state index contributed by atoms with van der Waals surface area (Å²) in [5.74, 6) is 0. The Bertz CT molecular complexity index is 207. The van der Waals surface area contributed by atoms with Gasteiger partial charge in [-0.3, -0.25) is 4.99 Å². The van der Waals surface area contributed by atoms with Gasteiger partial charge in [0.1, 0.15) is 0 Å². The minimum absolute atomic E-state index is 1.11. The molecule has 1 heteroatoms. The number of hydrogen-bond donors (Lipinski definition) is 0. The second kappa shape index (κ2) is 4.89. The van der Waals surface area contributed by atoms with Gasteiger partial charge >= 0.3 is 0 Å². The highest BCUT2D eigenvalue weighted by molar-refractivity contribution is 5.98. The molecule has 62 valence electrons. The van der Waals surface area contributed by atoms with Crippen LogP contribution in [-0.2, 0) is 0 Å². The molecule has 0 saturated carbocycles. The van der Waals surface area contributed by atoms with Crippen molar-refractivity contribution in [2.75, 3.05) is 7.05 Å². The van der Waals surface area contributed by atoms with Crippen molar-refractivity contribution in [2.45, 2.75) is 27.7 Å². The van der Waals surface area contributed by atoms with Crippen LogP contribution in [0.2, 0.25) is 0 Å². The molecule has 0 aromatic rings. The molecule has 0 aliphatic rings. The molecule has 0 amide bonds. The molecule has 0 aromatic carbocycles. The average Bonchev–Trinajstić information content (AvgIpc) is 2.02. The van der Waals surface area contributed by atoms with Gasteiger partial charge in [0.05, 0.1) is 0 Å². The van der Waals surface area contributed by atoms with E-state index in [0.29, 0.717) is 0 Å². The van der Waals surface area contributed by atoms with Crippen LogP contribution in [0.1, 0.15) is 27.7 Å². The van der Waals surface area contributed by atoms with Crippen molar-refractivity contribution in [1.82, 2.24) is 0 Å². The zero-order valence-corrected chi connectivity index (χ0v) is 8.10. The van der Waals surface area contributed by atoms with Crippen LogP contribution in [0.3, 0.4) is 0 Å². The first-order valence-electron chi connectivity index (χ1n) is 3.87. The maximum Gasteiger partial charge on any atom is 0.0345 e. The molecule has 1 nitrogen and oxygen atoms in total. The molecule has 0 radical (unpaired) electrons. The summed E-state index contributed by atoms with van der Waals surface area (Å²) in [5.41, 5.74) is 3.67. The molecule has 0 aliphatic heterocycles. The van der Waals surface area contributed by atoms with E-state index in [-0.39, 0.29) is 0 Å². The molecule has 0 rings (SSSR count). The monoisotopic (exact) mass is 151 g/mol. The van der Waals surface area contributed by atoms with Crippen molar-refractivity contribution < 1.29 is 0 Å². The normalized spacial score (nSPS) is 15.5. The van der Waals surface area contributed by atoms with Gasteiger partial charge in [0.25, 0.3) is 0 Å². The Kier molecular flexibility index (Phi) is 4.51. The Balaban J connectivity index is 4.66. The Morgan fingerprint density at radius 1 is 1.18 bits per heavy atom. The van der Waals surface area contributed by atoms with Gasteiger partial charge in [-0.05, 0) is 38.8 Å². The number of allylic oxidation sites excluding steroid dienone is 4. The third-order valence-electron chi connectivity index (χ3n) is 1.89. The van der Waals surface area contributed by atoms with Crippen molar-refractivity contribution in [3.8, 4) is 0 Å². The van der Waals surface area contributed by atoms with Gasteiger partial charge < -0.3 is 0 Å². The van der Waals surface area contributed by atoms with E-state index in [0.717, 1.165) is 5.71 Å². The van der Waals surface area contributed by atoms with Gasteiger partial charge in [0.15, 0.2) is 0 Å². The van der Waals surface area contributed by atoms with E-state index < -0.39 is 0 Å². The summed E-state index contributed by atoms with van der Waals surface area (Å²) in [6.07, 6.45) is 4.14. The standard InChI is InChI=1S/C10H17N/c1-6-7-8(2)9(3)10(4)11-5/h6-7H,1-5H3/b7-6-,9-8-,11-10+. The van der Waals surface area contributed by atoms with Crippen LogP contribution in [0.5, 0.6) is 0 Å². The van der Waals surface area contributed by atoms with E-state index in [9.17, 15) is 0 Å². The van der Waals surface area contributed by atoms with E-state index in [4.69, 9.17) is 0 Å². The fourth-order valence-corrected chi connectivity index (χ4v) is 0.828. The first-order valence-corrected chi connectivity index (χ1v) is 3.87. The number of aliphatic imine (C=N–C) groups is 1. The Hall–Kier alpha value is -0.850. The Labute approximate surface area is 69.5 Å². The fraction of sp³-hybridized carbons (Fsp3) is 0.500. The summed E-state index contributed by atoms with van der Waals surface area (Å²) < 4.78 is 0. The number of nitrogens with zero attached hydrogens (tertiary/aromatic N) is 1. The maximum absolute atomic E-state index is 4.12. The SMILES string of the molecule is C\C=C/C(C)=C(C)\C(C)=N\C. The second-order valence-electron chi connectivity index (χ2n) is 2.62. The molecule has 0 bridgehead atoms. The maximum atomic E-state index is 4.12. The molecule has 0 saturated heterocycles. The summed E-state index contributed by atoms with van der Waals surface area (Å²) in [4.78, 5) is 4.12. The van der Waals surface area contributed by atoms with Crippen molar-refractivity contribution >= 4 is 5.71 Å². The molecule has 11 heavy (non-hydrogen) atoms. The molecule has 0 aliphatic carbocycles. The van der Waals surface area contributed by atoms with Crippen LogP contribution < -0.4 is 0 Å². The van der Waals surface area contributed by atoms with Gasteiger partial charge in [0.2, 0.25) is 0 Å². The van der Waals surface area contributed by atoms with Crippen molar-refractivity contribution in [3.05, 3.63) is 23.3 Å². The lowest BCUT2D eigenvalue weighted by Crippen LogP contribution is -1.94. The zero-order chi connectivity index (χ0) is 8.85. The van der Waals surface area contributed by atoms with Crippen molar-refractivity contribution in [1.29, 1.82) is 0 Å². The molecule has 0 spiro atoms. The lowest BCUT2D eigenvalue weighted by Gasteiger charge is -2.01. The van der Waals surface area contributed by atoms with E-state index >= 15 is 0 Å². The fourth-order valence-electron chi connectivity index (χ4n) is 0.828. The summed E-state index contributed by atoms with van der Waals surface area (Å²) in [7, 11) is 1.82. The first-order chi connectivity index (χ1) is 5.13. The van der Waals surface area contributed by atoms with E-state index in [2.05, 4.69) is 24.9 Å². The highest BCUT2D eigenvalue weighted by Gasteiger charge is 1.95. The lowest BCUT2D eigenvalue weighted by atomic mass is 10.1. The Morgan fingerprint density at radius 2 is 1.73 bits per heavy atom. The summed E-state index contributed by atoms with van der Waals surface area (Å²) in [6, 6.07) is 0. The highest BCUT2D eigenvalue weighted by Crippen LogP contribution is 2.06. The minimum atomic E-state index is 1.11. The molecule has 0 fully saturated rings. The van der Waals surface area contributed by atoms with Crippen LogP contribution in [0, 0.1) is 0 Å². The summed E-state index contributed by atoms with van der Waals surface area (Å²) in [6.45, 7) is 8.25. The summed E-state index contributed by atoms with van der Waals surface area (Å²) in [5, 5.41) is 0. The average molecular weight is 151 g/mol. The topological polar surface area (TPSA) is 12.4 Å². The van der Waals surface area contributed by atoms with E-state index in [1.54, 1.807) is 0 Å². The van der Waals surface area contributed by atoms with Crippen LogP contribution in [0.25, 0.3) is 0 Å². The molecule has 0 aromatic heterocycles. The van der Waals surface area contributed by atoms with Gasteiger partial charge in [-0.15, -0.1) is 0 Å². The van der Waals surface area contributed by atoms with E-state index in [1.807, 2.05) is 27.0 Å². The minimum Gasteiger partial charge on any atom is -0.293 e. The Morgan fingerprint density at radius 3 is 2.09 bits per heavy atom. The molecular formula is C10H17N. The first kappa shape index (κ1) is 10.2. The van der Waals surface area contributed by atoms with Crippen molar-refractivity contribution in [2.24, 2.45) is 4.99 Å². The van der Waals surface area contributed by atoms with Gasteiger partial charge in [-0.25, -0.2) is 0 Å². The molecule has 0 heterocycles.